The predicted molar refractivity (Wildman–Crippen MR) is 81.0 cm³/mol. The molecule has 0 saturated heterocycles. The summed E-state index contributed by atoms with van der Waals surface area (Å²) >= 11 is 6.36. The molecular formula is C16H20ClNO3. The Morgan fingerprint density at radius 3 is 2.76 bits per heavy atom. The second-order valence-corrected chi connectivity index (χ2v) is 6.19. The SMILES string of the molecule is O=C(NC1CCCCCC1Cl)C1COc2ccccc2O1. The van der Waals surface area contributed by atoms with E-state index in [1.807, 2.05) is 24.3 Å². The van der Waals surface area contributed by atoms with Gasteiger partial charge in [-0.3, -0.25) is 4.79 Å². The van der Waals surface area contributed by atoms with Gasteiger partial charge in [0, 0.05) is 6.04 Å². The van der Waals surface area contributed by atoms with Crippen LogP contribution in [0.25, 0.3) is 0 Å². The number of para-hydroxylation sites is 2. The second kappa shape index (κ2) is 6.56. The molecule has 114 valence electrons. The molecule has 2 aliphatic rings. The first kappa shape index (κ1) is 14.5. The Kier molecular flexibility index (Phi) is 4.54. The van der Waals surface area contributed by atoms with Crippen LogP contribution >= 0.6 is 11.6 Å². The molecule has 1 aliphatic heterocycles. The van der Waals surface area contributed by atoms with Crippen LogP contribution in [0.15, 0.2) is 24.3 Å². The lowest BCUT2D eigenvalue weighted by Crippen LogP contribution is -2.49. The maximum absolute atomic E-state index is 12.4. The Morgan fingerprint density at radius 1 is 1.14 bits per heavy atom. The molecule has 1 amide bonds. The molecule has 1 aliphatic carbocycles. The lowest BCUT2D eigenvalue weighted by molar-refractivity contribution is -0.131. The van der Waals surface area contributed by atoms with E-state index in [1.54, 1.807) is 0 Å². The van der Waals surface area contributed by atoms with Crippen LogP contribution in [0.4, 0.5) is 0 Å². The summed E-state index contributed by atoms with van der Waals surface area (Å²) < 4.78 is 11.3. The van der Waals surface area contributed by atoms with Crippen molar-refractivity contribution in [2.45, 2.75) is 49.6 Å². The largest absolute Gasteiger partial charge is 0.485 e. The van der Waals surface area contributed by atoms with E-state index in [2.05, 4.69) is 5.32 Å². The fourth-order valence-corrected chi connectivity index (χ4v) is 3.19. The number of halogens is 1. The number of amides is 1. The van der Waals surface area contributed by atoms with E-state index in [-0.39, 0.29) is 23.9 Å². The third-order valence-corrected chi connectivity index (χ3v) is 4.58. The summed E-state index contributed by atoms with van der Waals surface area (Å²) in [6, 6.07) is 7.42. The first-order valence-corrected chi connectivity index (χ1v) is 8.00. The van der Waals surface area contributed by atoms with Gasteiger partial charge in [-0.1, -0.05) is 31.4 Å². The lowest BCUT2D eigenvalue weighted by atomic mass is 10.1. The molecular weight excluding hydrogens is 290 g/mol. The zero-order valence-electron chi connectivity index (χ0n) is 11.9. The smallest absolute Gasteiger partial charge is 0.264 e. The van der Waals surface area contributed by atoms with Gasteiger partial charge in [0.25, 0.3) is 5.91 Å². The van der Waals surface area contributed by atoms with Crippen molar-refractivity contribution in [1.29, 1.82) is 0 Å². The van der Waals surface area contributed by atoms with Crippen molar-refractivity contribution in [1.82, 2.24) is 5.32 Å². The molecule has 5 heteroatoms. The van der Waals surface area contributed by atoms with Crippen molar-refractivity contribution < 1.29 is 14.3 Å². The number of alkyl halides is 1. The zero-order chi connectivity index (χ0) is 14.7. The van der Waals surface area contributed by atoms with Gasteiger partial charge in [-0.15, -0.1) is 11.6 Å². The number of carbonyl (C=O) groups is 1. The topological polar surface area (TPSA) is 47.6 Å². The third-order valence-electron chi connectivity index (χ3n) is 4.06. The van der Waals surface area contributed by atoms with Crippen LogP contribution in [0.3, 0.4) is 0 Å². The average Bonchev–Trinajstić information content (AvgIpc) is 2.72. The Balaban J connectivity index is 1.61. The minimum absolute atomic E-state index is 0.00763. The molecule has 21 heavy (non-hydrogen) atoms. The number of benzene rings is 1. The average molecular weight is 310 g/mol. The zero-order valence-corrected chi connectivity index (χ0v) is 12.6. The maximum Gasteiger partial charge on any atom is 0.264 e. The molecule has 1 aromatic carbocycles. The Hall–Kier alpha value is -1.42. The summed E-state index contributed by atoms with van der Waals surface area (Å²) in [5.41, 5.74) is 0. The molecule has 0 bridgehead atoms. The Bertz CT molecular complexity index is 508. The molecule has 1 heterocycles. The summed E-state index contributed by atoms with van der Waals surface area (Å²) in [6.07, 6.45) is 4.72. The van der Waals surface area contributed by atoms with E-state index in [1.165, 1.54) is 6.42 Å². The maximum atomic E-state index is 12.4. The van der Waals surface area contributed by atoms with Crippen molar-refractivity contribution in [2.75, 3.05) is 6.61 Å². The summed E-state index contributed by atoms with van der Waals surface area (Å²) in [7, 11) is 0. The minimum atomic E-state index is -0.605. The van der Waals surface area contributed by atoms with Crippen LogP contribution < -0.4 is 14.8 Å². The van der Waals surface area contributed by atoms with Crippen molar-refractivity contribution in [2.24, 2.45) is 0 Å². The third kappa shape index (κ3) is 3.43. The van der Waals surface area contributed by atoms with Gasteiger partial charge in [-0.05, 0) is 25.0 Å². The lowest BCUT2D eigenvalue weighted by Gasteiger charge is -2.28. The standard InChI is InChI=1S/C16H20ClNO3/c17-11-6-2-1-3-7-12(11)18-16(19)15-10-20-13-8-4-5-9-14(13)21-15/h4-5,8-9,11-12,15H,1-3,6-7,10H2,(H,18,19). The summed E-state index contributed by atoms with van der Waals surface area (Å²) in [4.78, 5) is 12.4. The fourth-order valence-electron chi connectivity index (χ4n) is 2.85. The highest BCUT2D eigenvalue weighted by Gasteiger charge is 2.31. The summed E-state index contributed by atoms with van der Waals surface area (Å²) in [5, 5.41) is 3.04. The molecule has 0 radical (unpaired) electrons. The normalized spacial score (nSPS) is 28.5. The van der Waals surface area contributed by atoms with Crippen LogP contribution in [-0.4, -0.2) is 30.0 Å². The molecule has 0 aromatic heterocycles. The van der Waals surface area contributed by atoms with E-state index >= 15 is 0 Å². The Morgan fingerprint density at radius 2 is 1.90 bits per heavy atom. The van der Waals surface area contributed by atoms with Gasteiger partial charge in [-0.2, -0.15) is 0 Å². The van der Waals surface area contributed by atoms with Gasteiger partial charge >= 0.3 is 0 Å². The molecule has 1 aromatic rings. The van der Waals surface area contributed by atoms with Gasteiger partial charge in [0.05, 0.1) is 5.38 Å². The number of hydrogen-bond donors (Lipinski definition) is 1. The van der Waals surface area contributed by atoms with Crippen LogP contribution in [0.2, 0.25) is 0 Å². The highest BCUT2D eigenvalue weighted by Crippen LogP contribution is 2.31. The van der Waals surface area contributed by atoms with Gasteiger partial charge in [0.2, 0.25) is 6.10 Å². The van der Waals surface area contributed by atoms with Crippen molar-refractivity contribution in [3.63, 3.8) is 0 Å². The molecule has 1 N–H and O–H groups in total. The summed E-state index contributed by atoms with van der Waals surface area (Å²) in [6.45, 7) is 0.239. The number of carbonyl (C=O) groups excluding carboxylic acids is 1. The van der Waals surface area contributed by atoms with Gasteiger partial charge in [0.1, 0.15) is 6.61 Å². The van der Waals surface area contributed by atoms with Gasteiger partial charge in [0.15, 0.2) is 11.5 Å². The number of fused-ring (bicyclic) bond motifs is 1. The van der Waals surface area contributed by atoms with Crippen molar-refractivity contribution in [3.05, 3.63) is 24.3 Å². The monoisotopic (exact) mass is 309 g/mol. The van der Waals surface area contributed by atoms with Gasteiger partial charge in [-0.25, -0.2) is 0 Å². The van der Waals surface area contributed by atoms with E-state index in [0.29, 0.717) is 11.5 Å². The van der Waals surface area contributed by atoms with Crippen LogP contribution in [0, 0.1) is 0 Å². The van der Waals surface area contributed by atoms with Crippen LogP contribution in [0.5, 0.6) is 11.5 Å². The summed E-state index contributed by atoms with van der Waals surface area (Å²) in [5.74, 6) is 1.17. The number of nitrogens with one attached hydrogen (secondary N) is 1. The Labute approximate surface area is 129 Å². The van der Waals surface area contributed by atoms with E-state index in [0.717, 1.165) is 25.7 Å². The predicted octanol–water partition coefficient (Wildman–Crippen LogP) is 2.88. The molecule has 0 spiro atoms. The van der Waals surface area contributed by atoms with Gasteiger partial charge < -0.3 is 14.8 Å². The molecule has 3 unspecified atom stereocenters. The molecule has 3 rings (SSSR count). The molecule has 1 saturated carbocycles. The highest BCUT2D eigenvalue weighted by atomic mass is 35.5. The van der Waals surface area contributed by atoms with E-state index in [4.69, 9.17) is 21.1 Å². The highest BCUT2D eigenvalue weighted by molar-refractivity contribution is 6.21. The number of rotatable bonds is 2. The molecule has 1 fully saturated rings. The van der Waals surface area contributed by atoms with E-state index in [9.17, 15) is 4.79 Å². The number of hydrogen-bond acceptors (Lipinski definition) is 3. The molecule has 3 atom stereocenters. The minimum Gasteiger partial charge on any atom is -0.485 e. The quantitative estimate of drug-likeness (QED) is 0.675. The molecule has 4 nitrogen and oxygen atoms in total. The van der Waals surface area contributed by atoms with Crippen LogP contribution in [-0.2, 0) is 4.79 Å². The first-order chi connectivity index (χ1) is 10.2. The first-order valence-electron chi connectivity index (χ1n) is 7.57. The number of ether oxygens (including phenoxy) is 2. The van der Waals surface area contributed by atoms with Crippen LogP contribution in [0.1, 0.15) is 32.1 Å². The van der Waals surface area contributed by atoms with Crippen molar-refractivity contribution in [3.8, 4) is 11.5 Å². The van der Waals surface area contributed by atoms with E-state index < -0.39 is 6.10 Å². The van der Waals surface area contributed by atoms with Crippen molar-refractivity contribution >= 4 is 17.5 Å². The second-order valence-electron chi connectivity index (χ2n) is 5.63. The fraction of sp³-hybridized carbons (Fsp3) is 0.562.